The lowest BCUT2D eigenvalue weighted by molar-refractivity contribution is -0.117. The minimum atomic E-state index is -0.196. The van der Waals surface area contributed by atoms with Crippen molar-refractivity contribution in [2.24, 2.45) is 0 Å². The van der Waals surface area contributed by atoms with Gasteiger partial charge in [0.1, 0.15) is 0 Å². The number of hydrogen-bond donors (Lipinski definition) is 2. The number of ether oxygens (including phenoxy) is 2. The number of rotatable bonds is 6. The fraction of sp³-hybridized carbons (Fsp3) is 0.167. The molecule has 2 N–H and O–H groups in total. The largest absolute Gasteiger partial charge is 0.493 e. The Labute approximate surface area is 174 Å². The van der Waals surface area contributed by atoms with Crippen molar-refractivity contribution in [1.29, 1.82) is 0 Å². The zero-order chi connectivity index (χ0) is 21.1. The predicted octanol–water partition coefficient (Wildman–Crippen LogP) is 4.62. The number of aromatic nitrogens is 2. The molecule has 0 aliphatic heterocycles. The van der Waals surface area contributed by atoms with E-state index in [4.69, 9.17) is 9.47 Å². The smallest absolute Gasteiger partial charge is 0.244 e. The summed E-state index contributed by atoms with van der Waals surface area (Å²) in [5, 5.41) is 5.18. The first-order chi connectivity index (χ1) is 14.6. The molecule has 0 aliphatic carbocycles. The zero-order valence-corrected chi connectivity index (χ0v) is 17.1. The number of carbonyl (C=O) groups is 1. The number of fused-ring (bicyclic) bond motifs is 3. The molecule has 152 valence electrons. The molecule has 1 atom stereocenters. The number of H-pyrrole nitrogens is 1. The summed E-state index contributed by atoms with van der Waals surface area (Å²) in [7, 11) is 3.18. The van der Waals surface area contributed by atoms with Gasteiger partial charge in [0.2, 0.25) is 5.91 Å². The number of methoxy groups -OCH3 is 2. The van der Waals surface area contributed by atoms with Crippen LogP contribution in [0.1, 0.15) is 24.2 Å². The zero-order valence-electron chi connectivity index (χ0n) is 17.1. The Morgan fingerprint density at radius 3 is 2.63 bits per heavy atom. The van der Waals surface area contributed by atoms with Crippen molar-refractivity contribution in [3.63, 3.8) is 0 Å². The Hall–Kier alpha value is -3.80. The van der Waals surface area contributed by atoms with Gasteiger partial charge in [0.05, 0.1) is 37.7 Å². The fourth-order valence-electron chi connectivity index (χ4n) is 3.49. The van der Waals surface area contributed by atoms with Gasteiger partial charge in [0, 0.05) is 22.4 Å². The highest BCUT2D eigenvalue weighted by atomic mass is 16.5. The molecular formula is C24H23N3O3. The van der Waals surface area contributed by atoms with Gasteiger partial charge in [-0.1, -0.05) is 24.3 Å². The summed E-state index contributed by atoms with van der Waals surface area (Å²) in [5.74, 6) is 1.08. The molecule has 30 heavy (non-hydrogen) atoms. The highest BCUT2D eigenvalue weighted by Crippen LogP contribution is 2.30. The quantitative estimate of drug-likeness (QED) is 0.462. The van der Waals surface area contributed by atoms with Crippen LogP contribution in [-0.2, 0) is 4.79 Å². The molecule has 0 radical (unpaired) electrons. The summed E-state index contributed by atoms with van der Waals surface area (Å²) in [4.78, 5) is 20.2. The summed E-state index contributed by atoms with van der Waals surface area (Å²) < 4.78 is 10.6. The predicted molar refractivity (Wildman–Crippen MR) is 119 cm³/mol. The summed E-state index contributed by atoms with van der Waals surface area (Å²) in [6, 6.07) is 15.5. The molecular weight excluding hydrogens is 378 g/mol. The van der Waals surface area contributed by atoms with Gasteiger partial charge in [-0.3, -0.25) is 9.78 Å². The second-order valence-electron chi connectivity index (χ2n) is 7.00. The van der Waals surface area contributed by atoms with Crippen molar-refractivity contribution in [2.45, 2.75) is 13.0 Å². The molecule has 2 heterocycles. The molecule has 6 heteroatoms. The van der Waals surface area contributed by atoms with Crippen molar-refractivity contribution in [2.75, 3.05) is 14.2 Å². The Morgan fingerprint density at radius 2 is 1.83 bits per heavy atom. The molecule has 0 spiro atoms. The van der Waals surface area contributed by atoms with E-state index in [1.807, 2.05) is 49.4 Å². The third kappa shape index (κ3) is 3.85. The number of hydrogen-bond acceptors (Lipinski definition) is 4. The van der Waals surface area contributed by atoms with E-state index >= 15 is 0 Å². The minimum absolute atomic E-state index is 0.189. The summed E-state index contributed by atoms with van der Waals surface area (Å²) in [6.07, 6.45) is 5.01. The number of pyridine rings is 1. The van der Waals surface area contributed by atoms with Gasteiger partial charge < -0.3 is 19.8 Å². The minimum Gasteiger partial charge on any atom is -0.493 e. The number of benzene rings is 2. The first kappa shape index (κ1) is 19.5. The standard InChI is InChI=1S/C24H23N3O3/c1-15(16-8-10-22(29-2)23(12-16)30-3)26-24(28)11-9-17-13-19-18-6-4-5-7-20(18)27-21(19)14-25-17/h4-15,27H,1-3H3,(H,26,28)/b11-9+. The van der Waals surface area contributed by atoms with Crippen LogP contribution in [0.25, 0.3) is 27.9 Å². The normalized spacial score (nSPS) is 12.4. The van der Waals surface area contributed by atoms with Gasteiger partial charge in [-0.25, -0.2) is 0 Å². The number of para-hydroxylation sites is 1. The van der Waals surface area contributed by atoms with Gasteiger partial charge >= 0.3 is 0 Å². The number of carbonyl (C=O) groups excluding carboxylic acids is 1. The Bertz CT molecular complexity index is 1240. The van der Waals surface area contributed by atoms with E-state index in [1.54, 1.807) is 26.5 Å². The van der Waals surface area contributed by atoms with Crippen molar-refractivity contribution in [3.05, 3.63) is 72.1 Å². The SMILES string of the molecule is COc1ccc(C(C)NC(=O)/C=C/c2cc3c(cn2)[nH]c2ccccc23)cc1OC. The van der Waals surface area contributed by atoms with Gasteiger partial charge in [-0.2, -0.15) is 0 Å². The van der Waals surface area contributed by atoms with E-state index in [0.29, 0.717) is 11.5 Å². The molecule has 0 saturated heterocycles. The van der Waals surface area contributed by atoms with Crippen LogP contribution in [-0.4, -0.2) is 30.1 Å². The lowest BCUT2D eigenvalue weighted by Gasteiger charge is -2.15. The molecule has 1 unspecified atom stereocenters. The lowest BCUT2D eigenvalue weighted by atomic mass is 10.1. The van der Waals surface area contributed by atoms with E-state index in [2.05, 4.69) is 21.4 Å². The summed E-state index contributed by atoms with van der Waals surface area (Å²) >= 11 is 0. The van der Waals surface area contributed by atoms with Crippen LogP contribution in [0.4, 0.5) is 0 Å². The molecule has 0 aliphatic rings. The van der Waals surface area contributed by atoms with E-state index in [0.717, 1.165) is 33.1 Å². The number of nitrogens with one attached hydrogen (secondary N) is 2. The second kappa shape index (κ2) is 8.29. The molecule has 0 saturated carbocycles. The average Bonchev–Trinajstić information content (AvgIpc) is 3.15. The molecule has 4 rings (SSSR count). The van der Waals surface area contributed by atoms with Crippen LogP contribution >= 0.6 is 0 Å². The summed E-state index contributed by atoms with van der Waals surface area (Å²) in [5.41, 5.74) is 3.69. The van der Waals surface area contributed by atoms with E-state index in [1.165, 1.54) is 6.08 Å². The van der Waals surface area contributed by atoms with Crippen molar-refractivity contribution in [3.8, 4) is 11.5 Å². The number of nitrogens with zero attached hydrogens (tertiary/aromatic N) is 1. The first-order valence-corrected chi connectivity index (χ1v) is 9.66. The average molecular weight is 401 g/mol. The van der Waals surface area contributed by atoms with Crippen LogP contribution in [0.3, 0.4) is 0 Å². The maximum absolute atomic E-state index is 12.4. The molecule has 6 nitrogen and oxygen atoms in total. The molecule has 4 aromatic rings. The monoisotopic (exact) mass is 401 g/mol. The van der Waals surface area contributed by atoms with Crippen LogP contribution in [0, 0.1) is 0 Å². The summed E-state index contributed by atoms with van der Waals surface area (Å²) in [6.45, 7) is 1.92. The number of amides is 1. The molecule has 0 bridgehead atoms. The van der Waals surface area contributed by atoms with Gasteiger partial charge in [0.25, 0.3) is 0 Å². The van der Waals surface area contributed by atoms with Crippen molar-refractivity contribution in [1.82, 2.24) is 15.3 Å². The van der Waals surface area contributed by atoms with Crippen molar-refractivity contribution < 1.29 is 14.3 Å². The molecule has 2 aromatic heterocycles. The maximum atomic E-state index is 12.4. The van der Waals surface area contributed by atoms with Gasteiger partial charge in [0.15, 0.2) is 11.5 Å². The third-order valence-electron chi connectivity index (χ3n) is 5.08. The van der Waals surface area contributed by atoms with Crippen LogP contribution in [0.5, 0.6) is 11.5 Å². The fourth-order valence-corrected chi connectivity index (χ4v) is 3.49. The Balaban J connectivity index is 1.49. The van der Waals surface area contributed by atoms with Crippen LogP contribution in [0.2, 0.25) is 0 Å². The Morgan fingerprint density at radius 1 is 1.03 bits per heavy atom. The van der Waals surface area contributed by atoms with Crippen molar-refractivity contribution >= 4 is 33.8 Å². The topological polar surface area (TPSA) is 76.2 Å². The Kier molecular flexibility index (Phi) is 5.39. The van der Waals surface area contributed by atoms with Crippen LogP contribution < -0.4 is 14.8 Å². The lowest BCUT2D eigenvalue weighted by Crippen LogP contribution is -2.24. The van der Waals surface area contributed by atoms with Crippen LogP contribution in [0.15, 0.2) is 60.8 Å². The maximum Gasteiger partial charge on any atom is 0.244 e. The number of aromatic amines is 1. The van der Waals surface area contributed by atoms with E-state index in [-0.39, 0.29) is 11.9 Å². The van der Waals surface area contributed by atoms with Gasteiger partial charge in [-0.05, 0) is 42.8 Å². The highest BCUT2D eigenvalue weighted by molar-refractivity contribution is 6.07. The molecule has 1 amide bonds. The van der Waals surface area contributed by atoms with E-state index < -0.39 is 0 Å². The first-order valence-electron chi connectivity index (χ1n) is 9.66. The third-order valence-corrected chi connectivity index (χ3v) is 5.08. The second-order valence-corrected chi connectivity index (χ2v) is 7.00. The molecule has 0 fully saturated rings. The molecule has 2 aromatic carbocycles. The highest BCUT2D eigenvalue weighted by Gasteiger charge is 2.12. The van der Waals surface area contributed by atoms with Gasteiger partial charge in [-0.15, -0.1) is 0 Å². The van der Waals surface area contributed by atoms with E-state index in [9.17, 15) is 4.79 Å².